The van der Waals surface area contributed by atoms with Gasteiger partial charge in [0.1, 0.15) is 5.78 Å². The van der Waals surface area contributed by atoms with Crippen molar-refractivity contribution < 1.29 is 19.1 Å². The number of rotatable bonds is 3. The summed E-state index contributed by atoms with van der Waals surface area (Å²) < 4.78 is 10.9. The van der Waals surface area contributed by atoms with Crippen LogP contribution in [0.2, 0.25) is 0 Å². The third kappa shape index (κ3) is 2.94. The lowest BCUT2D eigenvalue weighted by Gasteiger charge is -2.40. The molecular weight excluding hydrogens is 390 g/mol. The number of carbonyl (C=O) groups excluding carboxylic acids is 2. The molecule has 2 aliphatic carbocycles. The largest absolute Gasteiger partial charge is 0.493 e. The first-order valence-corrected chi connectivity index (χ1v) is 10.5. The molecule has 5 heteroatoms. The van der Waals surface area contributed by atoms with Gasteiger partial charge >= 0.3 is 0 Å². The number of Topliss-reactive ketones (excluding diaryl/α,β-unsaturated/α-hetero) is 2. The molecule has 158 valence electrons. The Kier molecular flexibility index (Phi) is 4.40. The zero-order valence-corrected chi connectivity index (χ0v) is 18.2. The molecule has 1 saturated carbocycles. The second-order valence-electron chi connectivity index (χ2n) is 9.29. The average molecular weight is 415 g/mol. The topological polar surface area (TPSA) is 65.0 Å². The van der Waals surface area contributed by atoms with Crippen LogP contribution >= 0.6 is 0 Å². The van der Waals surface area contributed by atoms with E-state index in [4.69, 9.17) is 14.5 Å². The van der Waals surface area contributed by atoms with E-state index in [1.807, 2.05) is 42.5 Å². The number of carbonyl (C=O) groups is 2. The second-order valence-corrected chi connectivity index (χ2v) is 9.29. The number of ether oxygens (including phenoxy) is 2. The number of fused-ring (bicyclic) bond motifs is 3. The fourth-order valence-electron chi connectivity index (χ4n) is 5.33. The number of methoxy groups -OCH3 is 2. The lowest BCUT2D eigenvalue weighted by molar-refractivity contribution is -0.124. The zero-order chi connectivity index (χ0) is 21.9. The molecule has 2 aromatic rings. The maximum absolute atomic E-state index is 13.5. The molecule has 3 aliphatic rings. The van der Waals surface area contributed by atoms with Crippen LogP contribution in [0.3, 0.4) is 0 Å². The Balaban J connectivity index is 1.74. The highest BCUT2D eigenvalue weighted by molar-refractivity contribution is 6.25. The smallest absolute Gasteiger partial charge is 0.192 e. The van der Waals surface area contributed by atoms with Crippen LogP contribution in [-0.2, 0) is 4.79 Å². The fraction of sp³-hybridized carbons (Fsp3) is 0.346. The first-order chi connectivity index (χ1) is 14.8. The Bertz CT molecular complexity index is 1190. The van der Waals surface area contributed by atoms with Crippen LogP contribution in [0.5, 0.6) is 11.5 Å². The Labute approximate surface area is 181 Å². The van der Waals surface area contributed by atoms with Crippen molar-refractivity contribution in [2.45, 2.75) is 32.6 Å². The van der Waals surface area contributed by atoms with Gasteiger partial charge in [0.05, 0.1) is 25.8 Å². The molecule has 1 fully saturated rings. The van der Waals surface area contributed by atoms with Gasteiger partial charge in [-0.25, -0.2) is 0 Å². The summed E-state index contributed by atoms with van der Waals surface area (Å²) in [4.78, 5) is 31.9. The molecule has 31 heavy (non-hydrogen) atoms. The van der Waals surface area contributed by atoms with Gasteiger partial charge in [-0.1, -0.05) is 44.2 Å². The molecule has 5 nitrogen and oxygen atoms in total. The molecule has 0 amide bonds. The molecule has 1 aliphatic heterocycles. The minimum atomic E-state index is -0.428. The molecule has 0 spiro atoms. The quantitative estimate of drug-likeness (QED) is 0.718. The molecule has 0 aromatic heterocycles. The fourth-order valence-corrected chi connectivity index (χ4v) is 5.33. The van der Waals surface area contributed by atoms with Crippen molar-refractivity contribution in [3.05, 3.63) is 64.7 Å². The average Bonchev–Trinajstić information content (AvgIpc) is 3.03. The van der Waals surface area contributed by atoms with Crippen molar-refractivity contribution in [1.82, 2.24) is 0 Å². The molecule has 0 N–H and O–H groups in total. The summed E-state index contributed by atoms with van der Waals surface area (Å²) in [6.07, 6.45) is 1.21. The van der Waals surface area contributed by atoms with E-state index in [9.17, 15) is 9.59 Å². The van der Waals surface area contributed by atoms with Crippen molar-refractivity contribution in [3.8, 4) is 11.5 Å². The van der Waals surface area contributed by atoms with Gasteiger partial charge in [0.25, 0.3) is 0 Å². The standard InChI is InChI=1S/C26H25NO4/c1-26(2)12-17-22(18(28)13-26)21(14-9-10-19(30-3)20(11-14)31-4)23-24(27-17)15-7-5-6-8-16(15)25(23)29/h5-11,21-22H,12-13H2,1-4H3/t21-,22?/m1/s1. The van der Waals surface area contributed by atoms with E-state index in [1.54, 1.807) is 14.2 Å². The summed E-state index contributed by atoms with van der Waals surface area (Å²) in [5, 5.41) is 0. The third-order valence-corrected chi connectivity index (χ3v) is 6.61. The lowest BCUT2D eigenvalue weighted by atomic mass is 9.63. The van der Waals surface area contributed by atoms with Gasteiger partial charge in [0.15, 0.2) is 17.3 Å². The number of benzene rings is 2. The molecule has 0 radical (unpaired) electrons. The van der Waals surface area contributed by atoms with Crippen molar-refractivity contribution in [1.29, 1.82) is 0 Å². The van der Waals surface area contributed by atoms with E-state index in [2.05, 4.69) is 13.8 Å². The molecule has 0 saturated heterocycles. The van der Waals surface area contributed by atoms with Gasteiger partial charge < -0.3 is 9.47 Å². The molecule has 1 heterocycles. The monoisotopic (exact) mass is 415 g/mol. The van der Waals surface area contributed by atoms with Crippen LogP contribution in [0, 0.1) is 11.3 Å². The van der Waals surface area contributed by atoms with Crippen LogP contribution in [0.25, 0.3) is 5.70 Å². The van der Waals surface area contributed by atoms with Crippen LogP contribution in [-0.4, -0.2) is 31.5 Å². The molecule has 0 bridgehead atoms. The number of ketones is 2. The van der Waals surface area contributed by atoms with Gasteiger partial charge in [0, 0.05) is 34.8 Å². The van der Waals surface area contributed by atoms with Crippen LogP contribution in [0.1, 0.15) is 54.1 Å². The predicted molar refractivity (Wildman–Crippen MR) is 119 cm³/mol. The summed E-state index contributed by atoms with van der Waals surface area (Å²) in [7, 11) is 3.18. The minimum absolute atomic E-state index is 0.0363. The molecule has 5 rings (SSSR count). The number of nitrogens with zero attached hydrogens (tertiary/aromatic N) is 1. The Morgan fingerprint density at radius 3 is 2.32 bits per heavy atom. The number of hydrogen-bond donors (Lipinski definition) is 0. The molecule has 2 atom stereocenters. The van der Waals surface area contributed by atoms with Crippen molar-refractivity contribution in [3.63, 3.8) is 0 Å². The first-order valence-electron chi connectivity index (χ1n) is 10.5. The zero-order valence-electron chi connectivity index (χ0n) is 18.2. The Hall–Kier alpha value is -3.21. The van der Waals surface area contributed by atoms with Crippen molar-refractivity contribution in [2.75, 3.05) is 14.2 Å². The molecule has 1 unspecified atom stereocenters. The summed E-state index contributed by atoms with van der Waals surface area (Å²) >= 11 is 0. The molecular formula is C26H25NO4. The summed E-state index contributed by atoms with van der Waals surface area (Å²) in [6.45, 7) is 4.21. The van der Waals surface area contributed by atoms with E-state index in [0.717, 1.165) is 29.0 Å². The second kappa shape index (κ2) is 6.91. The van der Waals surface area contributed by atoms with E-state index >= 15 is 0 Å². The lowest BCUT2D eigenvalue weighted by Crippen LogP contribution is -2.43. The van der Waals surface area contributed by atoms with Crippen LogP contribution in [0.4, 0.5) is 0 Å². The highest BCUT2D eigenvalue weighted by Gasteiger charge is 2.50. The maximum Gasteiger partial charge on any atom is 0.192 e. The molecule has 2 aromatic carbocycles. The SMILES string of the molecule is COc1ccc([C@H]2C3=C(N=C4CC(C)(C)CC(=O)C42)c2ccccc2C3=O)cc1OC. The van der Waals surface area contributed by atoms with E-state index in [0.29, 0.717) is 29.1 Å². The minimum Gasteiger partial charge on any atom is -0.493 e. The number of hydrogen-bond acceptors (Lipinski definition) is 5. The van der Waals surface area contributed by atoms with E-state index in [1.165, 1.54) is 0 Å². The van der Waals surface area contributed by atoms with Crippen molar-refractivity contribution in [2.24, 2.45) is 16.3 Å². The number of aliphatic imine (C=N–C) groups is 1. The van der Waals surface area contributed by atoms with Gasteiger partial charge in [-0.3, -0.25) is 14.6 Å². The highest BCUT2D eigenvalue weighted by Crippen LogP contribution is 2.52. The predicted octanol–water partition coefficient (Wildman–Crippen LogP) is 4.85. The van der Waals surface area contributed by atoms with Crippen LogP contribution in [0.15, 0.2) is 53.0 Å². The number of allylic oxidation sites excluding steroid dienone is 1. The van der Waals surface area contributed by atoms with E-state index in [-0.39, 0.29) is 22.9 Å². The highest BCUT2D eigenvalue weighted by atomic mass is 16.5. The normalized spacial score (nSPS) is 23.7. The van der Waals surface area contributed by atoms with E-state index < -0.39 is 5.92 Å². The summed E-state index contributed by atoms with van der Waals surface area (Å²) in [6, 6.07) is 13.2. The third-order valence-electron chi connectivity index (χ3n) is 6.61. The summed E-state index contributed by atoms with van der Waals surface area (Å²) in [5.74, 6) is 0.491. The summed E-state index contributed by atoms with van der Waals surface area (Å²) in [5.41, 5.74) is 4.46. The maximum atomic E-state index is 13.5. The van der Waals surface area contributed by atoms with Crippen LogP contribution < -0.4 is 9.47 Å². The Morgan fingerprint density at radius 2 is 1.61 bits per heavy atom. The van der Waals surface area contributed by atoms with Crippen molar-refractivity contribution >= 4 is 23.0 Å². The van der Waals surface area contributed by atoms with Gasteiger partial charge in [0.2, 0.25) is 0 Å². The Morgan fingerprint density at radius 1 is 0.903 bits per heavy atom. The van der Waals surface area contributed by atoms with Gasteiger partial charge in [-0.15, -0.1) is 0 Å². The first kappa shape index (κ1) is 19.7. The van der Waals surface area contributed by atoms with Gasteiger partial charge in [-0.05, 0) is 29.5 Å². The van der Waals surface area contributed by atoms with Gasteiger partial charge in [-0.2, -0.15) is 0 Å².